The Labute approximate surface area is 172 Å². The van der Waals surface area contributed by atoms with Crippen molar-refractivity contribution in [1.82, 2.24) is 9.88 Å². The largest absolute Gasteiger partial charge is 0.473 e. The van der Waals surface area contributed by atoms with Crippen molar-refractivity contribution in [3.63, 3.8) is 0 Å². The standard InChI is InChI=1S/C25H26N3O/c1-3-7-21(8-4-1)19-29-24-12-11-22(18-26-24)25(27-23-9-5-2-6-10-23)17-20-13-15-28(25)16-14-20/h1-12,17-18,20,27H,13-16,19H2. The number of rotatable bonds is 6. The van der Waals surface area contributed by atoms with E-state index >= 15 is 0 Å². The summed E-state index contributed by atoms with van der Waals surface area (Å²) in [4.78, 5) is 7.17. The van der Waals surface area contributed by atoms with Crippen LogP contribution in [0, 0.1) is 12.3 Å². The predicted molar refractivity (Wildman–Crippen MR) is 115 cm³/mol. The van der Waals surface area contributed by atoms with Crippen LogP contribution in [0.4, 0.5) is 5.69 Å². The third-order valence-corrected chi connectivity index (χ3v) is 6.03. The van der Waals surface area contributed by atoms with Crippen LogP contribution < -0.4 is 10.1 Å². The van der Waals surface area contributed by atoms with Crippen molar-refractivity contribution < 1.29 is 4.74 Å². The van der Waals surface area contributed by atoms with Gasteiger partial charge in [0.15, 0.2) is 0 Å². The minimum atomic E-state index is -0.312. The molecule has 4 heteroatoms. The molecule has 3 saturated heterocycles. The smallest absolute Gasteiger partial charge is 0.213 e. The predicted octanol–water partition coefficient (Wildman–Crippen LogP) is 4.86. The Morgan fingerprint density at radius 1 is 0.931 bits per heavy atom. The average Bonchev–Trinajstić information content (AvgIpc) is 2.80. The second-order valence-corrected chi connectivity index (χ2v) is 7.91. The molecule has 0 amide bonds. The zero-order chi connectivity index (χ0) is 19.5. The van der Waals surface area contributed by atoms with Gasteiger partial charge in [0.05, 0.1) is 0 Å². The van der Waals surface area contributed by atoms with E-state index in [1.807, 2.05) is 30.5 Å². The highest BCUT2D eigenvalue weighted by molar-refractivity contribution is 5.50. The molecule has 147 valence electrons. The maximum atomic E-state index is 5.89. The number of nitrogens with zero attached hydrogens (tertiary/aromatic N) is 2. The van der Waals surface area contributed by atoms with Gasteiger partial charge in [0.1, 0.15) is 12.3 Å². The van der Waals surface area contributed by atoms with Gasteiger partial charge in [-0.15, -0.1) is 0 Å². The minimum Gasteiger partial charge on any atom is -0.473 e. The Morgan fingerprint density at radius 3 is 2.28 bits per heavy atom. The highest BCUT2D eigenvalue weighted by atomic mass is 16.5. The summed E-state index contributed by atoms with van der Waals surface area (Å²) in [5.41, 5.74) is 3.12. The highest BCUT2D eigenvalue weighted by Gasteiger charge is 2.47. The van der Waals surface area contributed by atoms with E-state index in [9.17, 15) is 0 Å². The molecule has 0 saturated carbocycles. The van der Waals surface area contributed by atoms with Crippen molar-refractivity contribution >= 4 is 5.69 Å². The number of pyridine rings is 1. The molecule has 3 aliphatic heterocycles. The van der Waals surface area contributed by atoms with Gasteiger partial charge in [-0.05, 0) is 42.5 Å². The van der Waals surface area contributed by atoms with Crippen LogP contribution in [0.5, 0.6) is 5.88 Å². The highest BCUT2D eigenvalue weighted by Crippen LogP contribution is 2.45. The summed E-state index contributed by atoms with van der Waals surface area (Å²) in [5, 5.41) is 3.81. The Bertz CT molecular complexity index is 921. The molecular weight excluding hydrogens is 358 g/mol. The van der Waals surface area contributed by atoms with Gasteiger partial charge < -0.3 is 10.1 Å². The topological polar surface area (TPSA) is 37.4 Å². The molecule has 1 radical (unpaired) electrons. The normalized spacial score (nSPS) is 25.5. The first-order valence-electron chi connectivity index (χ1n) is 10.4. The van der Waals surface area contributed by atoms with Crippen molar-refractivity contribution in [2.24, 2.45) is 5.92 Å². The van der Waals surface area contributed by atoms with Crippen LogP contribution in [-0.4, -0.2) is 23.0 Å². The van der Waals surface area contributed by atoms with E-state index in [1.165, 1.54) is 12.8 Å². The second kappa shape index (κ2) is 7.88. The summed E-state index contributed by atoms with van der Waals surface area (Å²) >= 11 is 0. The van der Waals surface area contributed by atoms with E-state index in [4.69, 9.17) is 4.74 Å². The Morgan fingerprint density at radius 2 is 1.66 bits per heavy atom. The molecule has 1 atom stereocenters. The molecule has 3 aliphatic rings. The molecule has 1 aromatic heterocycles. The Balaban J connectivity index is 1.39. The van der Waals surface area contributed by atoms with Gasteiger partial charge in [-0.25, -0.2) is 4.98 Å². The summed E-state index contributed by atoms with van der Waals surface area (Å²) < 4.78 is 5.89. The van der Waals surface area contributed by atoms with Crippen molar-refractivity contribution in [3.8, 4) is 5.88 Å². The first-order valence-corrected chi connectivity index (χ1v) is 10.4. The molecule has 2 bridgehead atoms. The summed E-state index contributed by atoms with van der Waals surface area (Å²) in [7, 11) is 0. The van der Waals surface area contributed by atoms with Crippen molar-refractivity contribution in [1.29, 1.82) is 0 Å². The molecule has 3 fully saturated rings. The monoisotopic (exact) mass is 384 g/mol. The van der Waals surface area contributed by atoms with Gasteiger partial charge >= 0.3 is 0 Å². The lowest BCUT2D eigenvalue weighted by Crippen LogP contribution is -2.60. The van der Waals surface area contributed by atoms with Crippen molar-refractivity contribution in [2.45, 2.75) is 25.1 Å². The van der Waals surface area contributed by atoms with E-state index in [0.717, 1.165) is 29.9 Å². The van der Waals surface area contributed by atoms with Gasteiger partial charge in [-0.3, -0.25) is 4.90 Å². The van der Waals surface area contributed by atoms with E-state index in [2.05, 4.69) is 70.2 Å². The summed E-state index contributed by atoms with van der Waals surface area (Å²) in [6, 6.07) is 24.8. The van der Waals surface area contributed by atoms with Gasteiger partial charge in [-0.1, -0.05) is 48.5 Å². The molecule has 4 nitrogen and oxygen atoms in total. The van der Waals surface area contributed by atoms with Crippen molar-refractivity contribution in [2.75, 3.05) is 18.4 Å². The second-order valence-electron chi connectivity index (χ2n) is 7.91. The number of benzene rings is 2. The lowest BCUT2D eigenvalue weighted by atomic mass is 9.76. The molecule has 0 spiro atoms. The van der Waals surface area contributed by atoms with Gasteiger partial charge in [0, 0.05) is 43.0 Å². The van der Waals surface area contributed by atoms with Crippen LogP contribution in [0.15, 0.2) is 79.0 Å². The van der Waals surface area contributed by atoms with Crippen LogP contribution in [0.1, 0.15) is 24.0 Å². The summed E-state index contributed by atoms with van der Waals surface area (Å²) in [6.07, 6.45) is 6.93. The lowest BCUT2D eigenvalue weighted by molar-refractivity contribution is 0.0354. The number of hydrogen-bond acceptors (Lipinski definition) is 4. The van der Waals surface area contributed by atoms with E-state index in [0.29, 0.717) is 18.4 Å². The number of nitrogens with one attached hydrogen (secondary N) is 1. The fourth-order valence-corrected chi connectivity index (χ4v) is 4.50. The number of para-hydroxylation sites is 1. The fourth-order valence-electron chi connectivity index (χ4n) is 4.50. The SMILES string of the molecule is [CH]1C2CCN(CC2)C1(Nc1ccccc1)c1ccc(OCc2ccccc2)nc1. The molecular formula is C25H26N3O. The molecule has 1 N–H and O–H groups in total. The van der Waals surface area contributed by atoms with E-state index < -0.39 is 0 Å². The van der Waals surface area contributed by atoms with Gasteiger partial charge in [0.25, 0.3) is 0 Å². The zero-order valence-electron chi connectivity index (χ0n) is 16.5. The third-order valence-electron chi connectivity index (χ3n) is 6.03. The van der Waals surface area contributed by atoms with Crippen LogP contribution in [0.3, 0.4) is 0 Å². The zero-order valence-corrected chi connectivity index (χ0v) is 16.5. The Hall–Kier alpha value is -2.85. The van der Waals surface area contributed by atoms with Crippen LogP contribution in [0.2, 0.25) is 0 Å². The fraction of sp³-hybridized carbons (Fsp3) is 0.280. The summed E-state index contributed by atoms with van der Waals surface area (Å²) in [6.45, 7) is 2.74. The maximum Gasteiger partial charge on any atom is 0.213 e. The quantitative estimate of drug-likeness (QED) is 0.659. The molecule has 1 unspecified atom stereocenters. The molecule has 2 aromatic carbocycles. The molecule has 3 aromatic rings. The van der Waals surface area contributed by atoms with E-state index in [-0.39, 0.29) is 5.66 Å². The number of hydrogen-bond donors (Lipinski definition) is 1. The molecule has 4 heterocycles. The number of fused-ring (bicyclic) bond motifs is 3. The van der Waals surface area contributed by atoms with Crippen LogP contribution in [0.25, 0.3) is 0 Å². The number of piperidine rings is 3. The molecule has 6 rings (SSSR count). The lowest BCUT2D eigenvalue weighted by Gasteiger charge is -2.54. The first-order chi connectivity index (χ1) is 14.3. The number of aromatic nitrogens is 1. The summed E-state index contributed by atoms with van der Waals surface area (Å²) in [5.74, 6) is 1.30. The van der Waals surface area contributed by atoms with Crippen LogP contribution in [-0.2, 0) is 12.3 Å². The molecule has 29 heavy (non-hydrogen) atoms. The van der Waals surface area contributed by atoms with Gasteiger partial charge in [-0.2, -0.15) is 0 Å². The Kier molecular flexibility index (Phi) is 4.94. The van der Waals surface area contributed by atoms with Crippen molar-refractivity contribution in [3.05, 3.63) is 96.5 Å². The van der Waals surface area contributed by atoms with Gasteiger partial charge in [0.2, 0.25) is 5.88 Å². The average molecular weight is 385 g/mol. The minimum absolute atomic E-state index is 0.312. The maximum absolute atomic E-state index is 5.89. The first kappa shape index (κ1) is 18.2. The van der Waals surface area contributed by atoms with Crippen LogP contribution >= 0.6 is 0 Å². The number of anilines is 1. The molecule has 0 aliphatic carbocycles. The third kappa shape index (κ3) is 3.73. The van der Waals surface area contributed by atoms with E-state index in [1.54, 1.807) is 0 Å². The number of ether oxygens (including phenoxy) is 1.